The number of nitrogens with zero attached hydrogens (tertiary/aromatic N) is 2. The highest BCUT2D eigenvalue weighted by Gasteiger charge is 2.14. The van der Waals surface area contributed by atoms with Crippen molar-refractivity contribution in [1.82, 2.24) is 15.1 Å². The van der Waals surface area contributed by atoms with Crippen molar-refractivity contribution in [1.29, 1.82) is 0 Å². The second kappa shape index (κ2) is 5.50. The summed E-state index contributed by atoms with van der Waals surface area (Å²) in [6.45, 7) is 4.77. The second-order valence-electron chi connectivity index (χ2n) is 3.86. The number of carbonyl (C=O) groups is 1. The van der Waals surface area contributed by atoms with Gasteiger partial charge in [0.05, 0.1) is 0 Å². The van der Waals surface area contributed by atoms with Crippen molar-refractivity contribution < 1.29 is 4.79 Å². The van der Waals surface area contributed by atoms with Gasteiger partial charge in [-0.15, -0.1) is 0 Å². The number of hydrogen-bond donors (Lipinski definition) is 2. The van der Waals surface area contributed by atoms with E-state index in [9.17, 15) is 4.79 Å². The van der Waals surface area contributed by atoms with Crippen LogP contribution in [0.1, 0.15) is 13.8 Å². The standard InChI is InChI=1S/C10H18N4O/c1-8(2)9(6-11)13-10(15)7-14-5-3-4-12-14/h3-5,8-9H,6-7,11H2,1-2H3,(H,13,15). The maximum atomic E-state index is 11.6. The molecule has 1 aromatic rings. The van der Waals surface area contributed by atoms with Crippen LogP contribution >= 0.6 is 0 Å². The minimum Gasteiger partial charge on any atom is -0.350 e. The van der Waals surface area contributed by atoms with Gasteiger partial charge >= 0.3 is 0 Å². The van der Waals surface area contributed by atoms with Gasteiger partial charge in [0, 0.05) is 25.0 Å². The van der Waals surface area contributed by atoms with Crippen LogP contribution in [0.3, 0.4) is 0 Å². The van der Waals surface area contributed by atoms with Crippen molar-refractivity contribution in [2.24, 2.45) is 11.7 Å². The normalized spacial score (nSPS) is 12.8. The number of carbonyl (C=O) groups excluding carboxylic acids is 1. The molecule has 0 aliphatic heterocycles. The van der Waals surface area contributed by atoms with E-state index in [-0.39, 0.29) is 18.5 Å². The van der Waals surface area contributed by atoms with Gasteiger partial charge in [-0.2, -0.15) is 5.10 Å². The summed E-state index contributed by atoms with van der Waals surface area (Å²) in [4.78, 5) is 11.6. The van der Waals surface area contributed by atoms with Crippen molar-refractivity contribution in [3.63, 3.8) is 0 Å². The van der Waals surface area contributed by atoms with Crippen LogP contribution in [0, 0.1) is 5.92 Å². The maximum absolute atomic E-state index is 11.6. The first-order chi connectivity index (χ1) is 7.13. The largest absolute Gasteiger partial charge is 0.350 e. The third kappa shape index (κ3) is 3.71. The monoisotopic (exact) mass is 210 g/mol. The van der Waals surface area contributed by atoms with Crippen LogP contribution in [0.15, 0.2) is 18.5 Å². The van der Waals surface area contributed by atoms with Crippen LogP contribution in [0.4, 0.5) is 0 Å². The number of amides is 1. The zero-order valence-electron chi connectivity index (χ0n) is 9.18. The average molecular weight is 210 g/mol. The fourth-order valence-electron chi connectivity index (χ4n) is 1.29. The summed E-state index contributed by atoms with van der Waals surface area (Å²) in [7, 11) is 0. The zero-order valence-corrected chi connectivity index (χ0v) is 9.18. The van der Waals surface area contributed by atoms with Crippen molar-refractivity contribution in [3.05, 3.63) is 18.5 Å². The van der Waals surface area contributed by atoms with Gasteiger partial charge in [0.25, 0.3) is 0 Å². The summed E-state index contributed by atoms with van der Waals surface area (Å²) in [6, 6.07) is 1.82. The molecule has 84 valence electrons. The van der Waals surface area contributed by atoms with Gasteiger partial charge in [-0.3, -0.25) is 9.48 Å². The van der Waals surface area contributed by atoms with Crippen molar-refractivity contribution in [2.45, 2.75) is 26.4 Å². The molecule has 1 unspecified atom stereocenters. The molecule has 0 saturated heterocycles. The highest BCUT2D eigenvalue weighted by Crippen LogP contribution is 1.99. The molecule has 1 aromatic heterocycles. The lowest BCUT2D eigenvalue weighted by Gasteiger charge is -2.20. The first-order valence-electron chi connectivity index (χ1n) is 5.10. The lowest BCUT2D eigenvalue weighted by atomic mass is 10.1. The Morgan fingerprint density at radius 2 is 2.33 bits per heavy atom. The van der Waals surface area contributed by atoms with Crippen LogP contribution in [0.25, 0.3) is 0 Å². The lowest BCUT2D eigenvalue weighted by Crippen LogP contribution is -2.44. The molecule has 0 aliphatic rings. The van der Waals surface area contributed by atoms with Gasteiger partial charge in [-0.05, 0) is 12.0 Å². The number of nitrogens with one attached hydrogen (secondary N) is 1. The minimum atomic E-state index is -0.0529. The molecule has 0 spiro atoms. The third-order valence-corrected chi connectivity index (χ3v) is 2.27. The summed E-state index contributed by atoms with van der Waals surface area (Å²) >= 11 is 0. The van der Waals surface area contributed by atoms with E-state index in [2.05, 4.69) is 10.4 Å². The first-order valence-corrected chi connectivity index (χ1v) is 5.10. The Hall–Kier alpha value is -1.36. The van der Waals surface area contributed by atoms with Gasteiger partial charge in [-0.1, -0.05) is 13.8 Å². The summed E-state index contributed by atoms with van der Waals surface area (Å²) < 4.78 is 1.59. The Morgan fingerprint density at radius 3 is 2.80 bits per heavy atom. The van der Waals surface area contributed by atoms with Crippen LogP contribution in [0.2, 0.25) is 0 Å². The number of aromatic nitrogens is 2. The predicted octanol–water partition coefficient (Wildman–Crippen LogP) is -0.0174. The summed E-state index contributed by atoms with van der Waals surface area (Å²) in [6.07, 6.45) is 3.41. The smallest absolute Gasteiger partial charge is 0.242 e. The molecule has 1 atom stereocenters. The van der Waals surface area contributed by atoms with E-state index < -0.39 is 0 Å². The Balaban J connectivity index is 2.41. The minimum absolute atomic E-state index is 0.0352. The lowest BCUT2D eigenvalue weighted by molar-refractivity contribution is -0.122. The fraction of sp³-hybridized carbons (Fsp3) is 0.600. The molecule has 15 heavy (non-hydrogen) atoms. The molecule has 1 rings (SSSR count). The van der Waals surface area contributed by atoms with E-state index in [4.69, 9.17) is 5.73 Å². The predicted molar refractivity (Wildman–Crippen MR) is 58.1 cm³/mol. The Labute approximate surface area is 89.6 Å². The van der Waals surface area contributed by atoms with Gasteiger partial charge in [0.2, 0.25) is 5.91 Å². The van der Waals surface area contributed by atoms with E-state index in [0.29, 0.717) is 12.5 Å². The molecular weight excluding hydrogens is 192 g/mol. The highest BCUT2D eigenvalue weighted by atomic mass is 16.2. The van der Waals surface area contributed by atoms with Crippen LogP contribution in [-0.2, 0) is 11.3 Å². The molecule has 0 aromatic carbocycles. The van der Waals surface area contributed by atoms with E-state index in [1.165, 1.54) is 0 Å². The quantitative estimate of drug-likeness (QED) is 0.717. The van der Waals surface area contributed by atoms with E-state index in [1.54, 1.807) is 23.1 Å². The van der Waals surface area contributed by atoms with Gasteiger partial charge in [0.1, 0.15) is 6.54 Å². The average Bonchev–Trinajstić information content (AvgIpc) is 2.66. The van der Waals surface area contributed by atoms with E-state index in [1.807, 2.05) is 13.8 Å². The topological polar surface area (TPSA) is 72.9 Å². The fourth-order valence-corrected chi connectivity index (χ4v) is 1.29. The van der Waals surface area contributed by atoms with Gasteiger partial charge in [0.15, 0.2) is 0 Å². The molecule has 0 radical (unpaired) electrons. The van der Waals surface area contributed by atoms with Crippen LogP contribution in [0.5, 0.6) is 0 Å². The van der Waals surface area contributed by atoms with Crippen molar-refractivity contribution >= 4 is 5.91 Å². The molecule has 5 nitrogen and oxygen atoms in total. The zero-order chi connectivity index (χ0) is 11.3. The Kier molecular flexibility index (Phi) is 4.30. The molecular formula is C10H18N4O. The van der Waals surface area contributed by atoms with Crippen molar-refractivity contribution in [2.75, 3.05) is 6.54 Å². The first kappa shape index (κ1) is 11.7. The molecule has 1 heterocycles. The molecule has 0 aliphatic carbocycles. The summed E-state index contributed by atoms with van der Waals surface area (Å²) in [5.41, 5.74) is 5.56. The Morgan fingerprint density at radius 1 is 1.60 bits per heavy atom. The van der Waals surface area contributed by atoms with Crippen molar-refractivity contribution in [3.8, 4) is 0 Å². The molecule has 0 fully saturated rings. The Bertz CT molecular complexity index is 294. The highest BCUT2D eigenvalue weighted by molar-refractivity contribution is 5.75. The molecule has 5 heteroatoms. The third-order valence-electron chi connectivity index (χ3n) is 2.27. The van der Waals surface area contributed by atoms with Gasteiger partial charge in [-0.25, -0.2) is 0 Å². The van der Waals surface area contributed by atoms with E-state index >= 15 is 0 Å². The number of nitrogens with two attached hydrogens (primary N) is 1. The van der Waals surface area contributed by atoms with E-state index in [0.717, 1.165) is 0 Å². The second-order valence-corrected chi connectivity index (χ2v) is 3.86. The van der Waals surface area contributed by atoms with Crippen LogP contribution < -0.4 is 11.1 Å². The SMILES string of the molecule is CC(C)C(CN)NC(=O)Cn1cccn1. The van der Waals surface area contributed by atoms with Gasteiger partial charge < -0.3 is 11.1 Å². The number of hydrogen-bond acceptors (Lipinski definition) is 3. The summed E-state index contributed by atoms with van der Waals surface area (Å²) in [5.74, 6) is 0.291. The van der Waals surface area contributed by atoms with Crippen LogP contribution in [-0.4, -0.2) is 28.3 Å². The summed E-state index contributed by atoms with van der Waals surface area (Å²) in [5, 5.41) is 6.84. The number of rotatable bonds is 5. The molecule has 0 saturated carbocycles. The molecule has 3 N–H and O–H groups in total. The molecule has 1 amide bonds. The maximum Gasteiger partial charge on any atom is 0.242 e. The molecule has 0 bridgehead atoms.